The number of aliphatic hydroxyl groups excluding tert-OH is 1. The van der Waals surface area contributed by atoms with Gasteiger partial charge in [-0.1, -0.05) is 18.2 Å². The Morgan fingerprint density at radius 2 is 2.00 bits per heavy atom. The van der Waals surface area contributed by atoms with Crippen molar-refractivity contribution in [1.82, 2.24) is 20.2 Å². The van der Waals surface area contributed by atoms with Gasteiger partial charge >= 0.3 is 0 Å². The number of benzene rings is 1. The average Bonchev–Trinajstić information content (AvgIpc) is 3.27. The Labute approximate surface area is 140 Å². The van der Waals surface area contributed by atoms with E-state index in [9.17, 15) is 18.3 Å². The number of aromatic amines is 1. The molecular formula is C14H10N4O4S2. The average molecular weight is 362 g/mol. The van der Waals surface area contributed by atoms with Crippen molar-refractivity contribution >= 4 is 32.7 Å². The van der Waals surface area contributed by atoms with Crippen LogP contribution in [0.25, 0.3) is 5.76 Å². The number of carbonyl (C=O) groups is 1. The van der Waals surface area contributed by atoms with Crippen LogP contribution in [-0.2, 0) is 9.84 Å². The van der Waals surface area contributed by atoms with E-state index in [1.54, 1.807) is 18.2 Å². The van der Waals surface area contributed by atoms with Crippen LogP contribution in [0.5, 0.6) is 0 Å². The van der Waals surface area contributed by atoms with Crippen LogP contribution in [0, 0.1) is 0 Å². The fourth-order valence-corrected chi connectivity index (χ4v) is 4.07. The molecule has 0 aliphatic rings. The second kappa shape index (κ2) is 6.34. The van der Waals surface area contributed by atoms with Crippen LogP contribution >= 0.6 is 11.3 Å². The highest BCUT2D eigenvalue weighted by Gasteiger charge is 2.22. The van der Waals surface area contributed by atoms with Gasteiger partial charge in [0.05, 0.1) is 4.90 Å². The molecule has 10 heteroatoms. The Hall–Kier alpha value is -2.85. The van der Waals surface area contributed by atoms with Crippen LogP contribution in [0.1, 0.15) is 15.6 Å². The summed E-state index contributed by atoms with van der Waals surface area (Å²) in [4.78, 5) is 19.7. The van der Waals surface area contributed by atoms with Crippen LogP contribution in [0.3, 0.4) is 0 Å². The maximum atomic E-state index is 12.4. The first kappa shape index (κ1) is 16.0. The van der Waals surface area contributed by atoms with Crippen molar-refractivity contribution in [2.75, 3.05) is 0 Å². The molecule has 2 aromatic heterocycles. The van der Waals surface area contributed by atoms with Gasteiger partial charge in [-0.25, -0.2) is 18.4 Å². The zero-order valence-electron chi connectivity index (χ0n) is 11.9. The normalized spacial score (nSPS) is 12.2. The summed E-state index contributed by atoms with van der Waals surface area (Å²) < 4.78 is 24.8. The van der Waals surface area contributed by atoms with E-state index in [1.807, 2.05) is 0 Å². The zero-order chi connectivity index (χ0) is 17.2. The summed E-state index contributed by atoms with van der Waals surface area (Å²) in [6.07, 6.45) is 2.08. The molecule has 0 amide bonds. The highest BCUT2D eigenvalue weighted by atomic mass is 32.2. The van der Waals surface area contributed by atoms with Gasteiger partial charge in [-0.2, -0.15) is 5.10 Å². The third kappa shape index (κ3) is 3.09. The largest absolute Gasteiger partial charge is 0.504 e. The molecule has 8 nitrogen and oxygen atoms in total. The summed E-state index contributed by atoms with van der Waals surface area (Å²) in [5, 5.41) is 16.7. The van der Waals surface area contributed by atoms with Gasteiger partial charge in [0.15, 0.2) is 21.6 Å². The second-order valence-corrected chi connectivity index (χ2v) is 7.29. The lowest BCUT2D eigenvalue weighted by Gasteiger charge is -1.99. The lowest BCUT2D eigenvalue weighted by Crippen LogP contribution is -2.04. The minimum atomic E-state index is -3.79. The Balaban J connectivity index is 1.88. The maximum Gasteiger partial charge on any atom is 0.224 e. The van der Waals surface area contributed by atoms with Crippen molar-refractivity contribution in [3.63, 3.8) is 0 Å². The maximum absolute atomic E-state index is 12.4. The smallest absolute Gasteiger partial charge is 0.224 e. The van der Waals surface area contributed by atoms with E-state index in [0.717, 1.165) is 17.4 Å². The molecule has 0 unspecified atom stereocenters. The molecule has 0 spiro atoms. The number of nitrogens with zero attached hydrogens (tertiary/aromatic N) is 3. The van der Waals surface area contributed by atoms with Crippen molar-refractivity contribution in [2.24, 2.45) is 0 Å². The molecule has 0 radical (unpaired) electrons. The van der Waals surface area contributed by atoms with Gasteiger partial charge in [-0.15, -0.1) is 11.3 Å². The number of nitrogens with one attached hydrogen (secondary N) is 1. The highest BCUT2D eigenvalue weighted by Crippen LogP contribution is 2.23. The van der Waals surface area contributed by atoms with Crippen LogP contribution in [0.4, 0.5) is 0 Å². The molecule has 0 aliphatic carbocycles. The number of thiazole rings is 1. The number of allylic oxidation sites excluding steroid dienone is 1. The minimum Gasteiger partial charge on any atom is -0.504 e. The van der Waals surface area contributed by atoms with Crippen molar-refractivity contribution in [3.05, 3.63) is 58.9 Å². The molecule has 0 fully saturated rings. The van der Waals surface area contributed by atoms with E-state index in [4.69, 9.17) is 0 Å². The van der Waals surface area contributed by atoms with Crippen molar-refractivity contribution in [1.29, 1.82) is 0 Å². The first-order chi connectivity index (χ1) is 11.5. The third-order valence-electron chi connectivity index (χ3n) is 2.95. The number of aliphatic hydroxyl groups is 1. The lowest BCUT2D eigenvalue weighted by molar-refractivity contribution is 0.104. The van der Waals surface area contributed by atoms with Crippen LogP contribution in [-0.4, -0.2) is 39.5 Å². The quantitative estimate of drug-likeness (QED) is 0.403. The van der Waals surface area contributed by atoms with Crippen molar-refractivity contribution in [2.45, 2.75) is 9.92 Å². The topological polar surface area (TPSA) is 126 Å². The van der Waals surface area contributed by atoms with Crippen molar-refractivity contribution in [3.8, 4) is 0 Å². The summed E-state index contributed by atoms with van der Waals surface area (Å²) in [6, 6.07) is 7.80. The second-order valence-electron chi connectivity index (χ2n) is 4.54. The predicted octanol–water partition coefficient (Wildman–Crippen LogP) is 1.88. The van der Waals surface area contributed by atoms with E-state index in [-0.39, 0.29) is 20.8 Å². The number of H-pyrrole nitrogens is 1. The summed E-state index contributed by atoms with van der Waals surface area (Å²) in [7, 11) is -3.79. The third-order valence-corrected chi connectivity index (χ3v) is 5.61. The molecule has 2 heterocycles. The molecular weight excluding hydrogens is 352 g/mol. The molecule has 3 aromatic rings. The zero-order valence-corrected chi connectivity index (χ0v) is 13.6. The molecule has 0 saturated carbocycles. The summed E-state index contributed by atoms with van der Waals surface area (Å²) in [5.41, 5.74) is 0. The van der Waals surface area contributed by atoms with E-state index < -0.39 is 21.4 Å². The molecule has 0 saturated heterocycles. The van der Waals surface area contributed by atoms with Gasteiger partial charge in [0, 0.05) is 11.5 Å². The number of sulfone groups is 1. The van der Waals surface area contributed by atoms with Crippen molar-refractivity contribution < 1.29 is 18.3 Å². The first-order valence-electron chi connectivity index (χ1n) is 6.55. The Morgan fingerprint density at radius 1 is 1.25 bits per heavy atom. The standard InChI is InChI=1S/C14H10N4O4S2/c19-10(13-15-8-16-18-13)6-11(20)14-17-12(7-23-14)24(21,22)9-4-2-1-3-5-9/h1-8,19H,(H,15,16,18). The fraction of sp³-hybridized carbons (Fsp3) is 0. The minimum absolute atomic E-state index is 0.0250. The predicted molar refractivity (Wildman–Crippen MR) is 85.3 cm³/mol. The fourth-order valence-electron chi connectivity index (χ4n) is 1.80. The Morgan fingerprint density at radius 3 is 2.67 bits per heavy atom. The van der Waals surface area contributed by atoms with Crippen LogP contribution < -0.4 is 0 Å². The van der Waals surface area contributed by atoms with Gasteiger partial charge < -0.3 is 5.11 Å². The first-order valence-corrected chi connectivity index (χ1v) is 8.91. The van der Waals surface area contributed by atoms with Gasteiger partial charge in [0.2, 0.25) is 15.6 Å². The Bertz CT molecular complexity index is 993. The van der Waals surface area contributed by atoms with Gasteiger partial charge in [0.25, 0.3) is 0 Å². The molecule has 122 valence electrons. The van der Waals surface area contributed by atoms with Crippen LogP contribution in [0.2, 0.25) is 0 Å². The van der Waals surface area contributed by atoms with Gasteiger partial charge in [-0.05, 0) is 12.1 Å². The number of aromatic nitrogens is 4. The SMILES string of the molecule is O=C(C=C(O)c1ncn[nH]1)c1nc(S(=O)(=O)c2ccccc2)cs1. The Kier molecular flexibility index (Phi) is 4.23. The molecule has 0 bridgehead atoms. The highest BCUT2D eigenvalue weighted by molar-refractivity contribution is 7.91. The van der Waals surface area contributed by atoms with E-state index >= 15 is 0 Å². The number of ketones is 1. The number of hydrogen-bond donors (Lipinski definition) is 2. The monoisotopic (exact) mass is 362 g/mol. The molecule has 0 aliphatic heterocycles. The summed E-state index contributed by atoms with van der Waals surface area (Å²) in [5.74, 6) is -1.03. The molecule has 0 atom stereocenters. The number of hydrogen-bond acceptors (Lipinski definition) is 8. The van der Waals surface area contributed by atoms with E-state index in [2.05, 4.69) is 20.2 Å². The molecule has 2 N–H and O–H groups in total. The van der Waals surface area contributed by atoms with E-state index in [0.29, 0.717) is 0 Å². The number of carbonyl (C=O) groups excluding carboxylic acids is 1. The van der Waals surface area contributed by atoms with Gasteiger partial charge in [0.1, 0.15) is 6.33 Å². The molecule has 1 aromatic carbocycles. The molecule has 24 heavy (non-hydrogen) atoms. The van der Waals surface area contributed by atoms with Gasteiger partial charge in [-0.3, -0.25) is 9.89 Å². The number of rotatable bonds is 5. The summed E-state index contributed by atoms with van der Waals surface area (Å²) in [6.45, 7) is 0. The lowest BCUT2D eigenvalue weighted by atomic mass is 10.3. The summed E-state index contributed by atoms with van der Waals surface area (Å²) >= 11 is 0.877. The van der Waals surface area contributed by atoms with Crippen LogP contribution in [0.15, 0.2) is 58.0 Å². The van der Waals surface area contributed by atoms with E-state index in [1.165, 1.54) is 23.8 Å². The molecule has 3 rings (SSSR count).